The van der Waals surface area contributed by atoms with Crippen LogP contribution in [-0.2, 0) is 0 Å². The minimum atomic E-state index is 0.574. The van der Waals surface area contributed by atoms with Gasteiger partial charge in [0.25, 0.3) is 0 Å². The molecule has 0 aliphatic heterocycles. The van der Waals surface area contributed by atoms with Crippen molar-refractivity contribution in [1.29, 1.82) is 0 Å². The van der Waals surface area contributed by atoms with Crippen molar-refractivity contribution in [3.05, 3.63) is 28.8 Å². The van der Waals surface area contributed by atoms with Crippen LogP contribution in [-0.4, -0.2) is 0 Å². The average Bonchev–Trinajstić information content (AvgIpc) is 2.03. The molecule has 0 aliphatic rings. The number of benzene rings is 1. The molecule has 1 nitrogen and oxygen atoms in total. The highest BCUT2D eigenvalue weighted by Crippen LogP contribution is 2.17. The second-order valence-corrected chi connectivity index (χ2v) is 2.57. The molecular formula is C11H9N. The minimum Gasteiger partial charge on any atom is -0.398 e. The monoisotopic (exact) mass is 155 g/mol. The van der Waals surface area contributed by atoms with Crippen LogP contribution in [0.1, 0.15) is 16.7 Å². The summed E-state index contributed by atoms with van der Waals surface area (Å²) in [5.41, 5.74) is 8.58. The van der Waals surface area contributed by atoms with E-state index in [0.717, 1.165) is 5.56 Å². The Balaban J connectivity index is 3.50. The van der Waals surface area contributed by atoms with Gasteiger partial charge in [0.15, 0.2) is 0 Å². The van der Waals surface area contributed by atoms with Crippen molar-refractivity contribution in [1.82, 2.24) is 0 Å². The Morgan fingerprint density at radius 2 is 1.92 bits per heavy atom. The van der Waals surface area contributed by atoms with Gasteiger partial charge in [0, 0.05) is 11.3 Å². The largest absolute Gasteiger partial charge is 0.398 e. The molecule has 0 radical (unpaired) electrons. The molecule has 1 aromatic carbocycles. The second-order valence-electron chi connectivity index (χ2n) is 2.57. The molecule has 2 N–H and O–H groups in total. The van der Waals surface area contributed by atoms with E-state index in [-0.39, 0.29) is 0 Å². The lowest BCUT2D eigenvalue weighted by Crippen LogP contribution is -1.94. The third-order valence-electron chi connectivity index (χ3n) is 1.61. The third kappa shape index (κ3) is 1.26. The van der Waals surface area contributed by atoms with E-state index in [1.807, 2.05) is 19.1 Å². The van der Waals surface area contributed by atoms with Crippen LogP contribution >= 0.6 is 0 Å². The lowest BCUT2D eigenvalue weighted by Gasteiger charge is -2.03. The van der Waals surface area contributed by atoms with Gasteiger partial charge in [-0.25, -0.2) is 0 Å². The number of hydrogen-bond donors (Lipinski definition) is 1. The highest BCUT2D eigenvalue weighted by atomic mass is 14.6. The fourth-order valence-corrected chi connectivity index (χ4v) is 1.09. The van der Waals surface area contributed by atoms with Gasteiger partial charge in [-0.15, -0.1) is 12.8 Å². The molecule has 0 heterocycles. The van der Waals surface area contributed by atoms with E-state index in [9.17, 15) is 0 Å². The Labute approximate surface area is 72.6 Å². The van der Waals surface area contributed by atoms with Crippen molar-refractivity contribution in [3.63, 3.8) is 0 Å². The van der Waals surface area contributed by atoms with Gasteiger partial charge in [-0.1, -0.05) is 11.8 Å². The van der Waals surface area contributed by atoms with Gasteiger partial charge in [0.2, 0.25) is 0 Å². The van der Waals surface area contributed by atoms with E-state index in [4.69, 9.17) is 18.6 Å². The number of hydrogen-bond acceptors (Lipinski definition) is 1. The molecular weight excluding hydrogens is 146 g/mol. The summed E-state index contributed by atoms with van der Waals surface area (Å²) in [6, 6.07) is 3.67. The van der Waals surface area contributed by atoms with Crippen molar-refractivity contribution in [3.8, 4) is 24.7 Å². The molecule has 0 bridgehead atoms. The Kier molecular flexibility index (Phi) is 2.08. The molecule has 0 unspecified atom stereocenters. The molecule has 0 fully saturated rings. The quantitative estimate of drug-likeness (QED) is 0.446. The van der Waals surface area contributed by atoms with Crippen LogP contribution < -0.4 is 5.73 Å². The number of aryl methyl sites for hydroxylation is 1. The van der Waals surface area contributed by atoms with E-state index in [1.165, 1.54) is 0 Å². The zero-order valence-corrected chi connectivity index (χ0v) is 6.89. The van der Waals surface area contributed by atoms with Gasteiger partial charge in [-0.05, 0) is 24.6 Å². The Hall–Kier alpha value is -1.86. The number of nitrogens with two attached hydrogens (primary N) is 1. The van der Waals surface area contributed by atoms with Gasteiger partial charge >= 0.3 is 0 Å². The second kappa shape index (κ2) is 3.03. The van der Waals surface area contributed by atoms with Crippen LogP contribution in [0.5, 0.6) is 0 Å². The first-order valence-corrected chi connectivity index (χ1v) is 3.52. The molecule has 0 aliphatic carbocycles. The zero-order chi connectivity index (χ0) is 9.14. The highest BCUT2D eigenvalue weighted by molar-refractivity contribution is 5.64. The number of terminal acetylenes is 2. The number of anilines is 1. The average molecular weight is 155 g/mol. The van der Waals surface area contributed by atoms with Gasteiger partial charge in [-0.3, -0.25) is 0 Å². The molecule has 0 saturated carbocycles. The predicted octanol–water partition coefficient (Wildman–Crippen LogP) is 1.54. The Morgan fingerprint density at radius 3 is 2.42 bits per heavy atom. The van der Waals surface area contributed by atoms with E-state index >= 15 is 0 Å². The van der Waals surface area contributed by atoms with Crippen molar-refractivity contribution in [2.75, 3.05) is 5.73 Å². The maximum absolute atomic E-state index is 5.67. The van der Waals surface area contributed by atoms with Crippen LogP contribution in [0.3, 0.4) is 0 Å². The summed E-state index contributed by atoms with van der Waals surface area (Å²) in [5, 5.41) is 0. The van der Waals surface area contributed by atoms with Gasteiger partial charge < -0.3 is 5.73 Å². The molecule has 1 aromatic rings. The maximum atomic E-state index is 5.67. The topological polar surface area (TPSA) is 26.0 Å². The first-order chi connectivity index (χ1) is 5.69. The minimum absolute atomic E-state index is 0.574. The predicted molar refractivity (Wildman–Crippen MR) is 51.5 cm³/mol. The van der Waals surface area contributed by atoms with Crippen LogP contribution in [0.2, 0.25) is 0 Å². The van der Waals surface area contributed by atoms with E-state index in [2.05, 4.69) is 11.8 Å². The number of rotatable bonds is 0. The highest BCUT2D eigenvalue weighted by Gasteiger charge is 2.01. The molecule has 0 spiro atoms. The van der Waals surface area contributed by atoms with Crippen LogP contribution in [0.25, 0.3) is 0 Å². The van der Waals surface area contributed by atoms with E-state index in [1.54, 1.807) is 0 Å². The summed E-state index contributed by atoms with van der Waals surface area (Å²) in [7, 11) is 0. The van der Waals surface area contributed by atoms with Crippen LogP contribution in [0.15, 0.2) is 12.1 Å². The molecule has 12 heavy (non-hydrogen) atoms. The summed E-state index contributed by atoms with van der Waals surface area (Å²) in [6.45, 7) is 1.93. The van der Waals surface area contributed by atoms with Crippen molar-refractivity contribution in [2.24, 2.45) is 0 Å². The van der Waals surface area contributed by atoms with Crippen molar-refractivity contribution in [2.45, 2.75) is 6.92 Å². The number of nitrogen functional groups attached to an aromatic ring is 1. The molecule has 58 valence electrons. The lowest BCUT2D eigenvalue weighted by molar-refractivity contribution is 1.44. The van der Waals surface area contributed by atoms with E-state index < -0.39 is 0 Å². The Morgan fingerprint density at radius 1 is 1.25 bits per heavy atom. The summed E-state index contributed by atoms with van der Waals surface area (Å²) >= 11 is 0. The van der Waals surface area contributed by atoms with Crippen LogP contribution in [0.4, 0.5) is 5.69 Å². The standard InChI is InChI=1S/C11H9N/c1-4-9-6-8(3)7-11(12)10(9)5-2/h1-2,6-7H,12H2,3H3. The van der Waals surface area contributed by atoms with Gasteiger partial charge in [0.05, 0.1) is 5.56 Å². The fourth-order valence-electron chi connectivity index (χ4n) is 1.09. The third-order valence-corrected chi connectivity index (χ3v) is 1.61. The first kappa shape index (κ1) is 8.24. The van der Waals surface area contributed by atoms with E-state index in [0.29, 0.717) is 16.8 Å². The van der Waals surface area contributed by atoms with Crippen molar-refractivity contribution < 1.29 is 0 Å². The molecule has 1 heteroatoms. The normalized spacial score (nSPS) is 8.58. The van der Waals surface area contributed by atoms with Crippen molar-refractivity contribution >= 4 is 5.69 Å². The summed E-state index contributed by atoms with van der Waals surface area (Å²) in [6.07, 6.45) is 10.5. The molecule has 0 aromatic heterocycles. The zero-order valence-electron chi connectivity index (χ0n) is 6.89. The molecule has 0 saturated heterocycles. The van der Waals surface area contributed by atoms with Gasteiger partial charge in [0.1, 0.15) is 0 Å². The molecule has 0 amide bonds. The van der Waals surface area contributed by atoms with Gasteiger partial charge in [-0.2, -0.15) is 0 Å². The lowest BCUT2D eigenvalue weighted by atomic mass is 10.0. The fraction of sp³-hybridized carbons (Fsp3) is 0.0909. The summed E-state index contributed by atoms with van der Waals surface area (Å²) in [4.78, 5) is 0. The smallest absolute Gasteiger partial charge is 0.0628 e. The summed E-state index contributed by atoms with van der Waals surface area (Å²) in [5.74, 6) is 4.98. The van der Waals surface area contributed by atoms with Crippen LogP contribution in [0, 0.1) is 31.6 Å². The first-order valence-electron chi connectivity index (χ1n) is 3.52. The molecule has 0 atom stereocenters. The molecule has 1 rings (SSSR count). The summed E-state index contributed by atoms with van der Waals surface area (Å²) < 4.78 is 0. The maximum Gasteiger partial charge on any atom is 0.0628 e. The Bertz CT molecular complexity index is 389. The SMILES string of the molecule is C#Cc1cc(C)cc(N)c1C#C.